The minimum atomic E-state index is -0.842. The van der Waals surface area contributed by atoms with Gasteiger partial charge in [-0.2, -0.15) is 0 Å². The average molecular weight is 481 g/mol. The number of amides is 2. The molecule has 0 radical (unpaired) electrons. The number of carbonyl (C=O) groups excluding carboxylic acids is 2. The Bertz CT molecular complexity index is 1030. The van der Waals surface area contributed by atoms with Crippen LogP contribution >= 0.6 is 0 Å². The second-order valence-electron chi connectivity index (χ2n) is 8.93. The van der Waals surface area contributed by atoms with Crippen LogP contribution < -0.4 is 5.32 Å². The molecule has 1 saturated heterocycles. The molecule has 4 rings (SSSR count). The lowest BCUT2D eigenvalue weighted by Gasteiger charge is -2.27. The summed E-state index contributed by atoms with van der Waals surface area (Å²) in [5.41, 5.74) is 4.60. The van der Waals surface area contributed by atoms with Crippen LogP contribution in [0.15, 0.2) is 48.5 Å². The van der Waals surface area contributed by atoms with Crippen molar-refractivity contribution in [3.63, 3.8) is 0 Å². The summed E-state index contributed by atoms with van der Waals surface area (Å²) in [7, 11) is 0. The molecule has 1 aliphatic heterocycles. The van der Waals surface area contributed by atoms with E-state index in [1.54, 1.807) is 4.90 Å². The number of carboxylic acid groups (broad SMARTS) is 1. The smallest absolute Gasteiger partial charge is 0.407 e. The van der Waals surface area contributed by atoms with Gasteiger partial charge in [-0.05, 0) is 48.4 Å². The zero-order chi connectivity index (χ0) is 24.8. The number of benzene rings is 2. The molecule has 186 valence electrons. The summed E-state index contributed by atoms with van der Waals surface area (Å²) in [6.45, 7) is 3.40. The monoisotopic (exact) mass is 480 g/mol. The molecular formula is C27H32N2O6. The van der Waals surface area contributed by atoms with Gasteiger partial charge in [0.25, 0.3) is 5.91 Å². The first-order valence-corrected chi connectivity index (χ1v) is 12.2. The number of hydrogen-bond acceptors (Lipinski definition) is 5. The summed E-state index contributed by atoms with van der Waals surface area (Å²) in [6, 6.07) is 15.8. The van der Waals surface area contributed by atoms with Crippen molar-refractivity contribution < 1.29 is 29.0 Å². The average Bonchev–Trinajstić information content (AvgIpc) is 3.44. The van der Waals surface area contributed by atoms with Crippen LogP contribution in [0.5, 0.6) is 0 Å². The van der Waals surface area contributed by atoms with Gasteiger partial charge in [-0.15, -0.1) is 0 Å². The summed E-state index contributed by atoms with van der Waals surface area (Å²) in [5, 5.41) is 11.6. The third-order valence-electron chi connectivity index (χ3n) is 6.74. The van der Waals surface area contributed by atoms with Crippen molar-refractivity contribution in [2.24, 2.45) is 0 Å². The van der Waals surface area contributed by atoms with Crippen LogP contribution in [-0.2, 0) is 19.1 Å². The molecule has 1 fully saturated rings. The van der Waals surface area contributed by atoms with E-state index >= 15 is 0 Å². The van der Waals surface area contributed by atoms with Gasteiger partial charge in [0.05, 0.1) is 6.04 Å². The first-order valence-electron chi connectivity index (χ1n) is 12.2. The molecule has 8 heteroatoms. The van der Waals surface area contributed by atoms with Crippen molar-refractivity contribution in [3.05, 3.63) is 59.7 Å². The van der Waals surface area contributed by atoms with Gasteiger partial charge in [0.1, 0.15) is 6.61 Å². The lowest BCUT2D eigenvalue weighted by molar-refractivity contribution is -0.141. The van der Waals surface area contributed by atoms with Crippen LogP contribution in [0.25, 0.3) is 11.1 Å². The fraction of sp³-hybridized carbons (Fsp3) is 0.444. The number of carbonyl (C=O) groups is 3. The molecule has 2 N–H and O–H groups in total. The lowest BCUT2D eigenvalue weighted by Crippen LogP contribution is -2.50. The van der Waals surface area contributed by atoms with Crippen molar-refractivity contribution >= 4 is 18.0 Å². The Kier molecular flexibility index (Phi) is 8.02. The van der Waals surface area contributed by atoms with E-state index < -0.39 is 24.2 Å². The van der Waals surface area contributed by atoms with Crippen LogP contribution in [0.4, 0.5) is 4.79 Å². The second kappa shape index (κ2) is 11.4. The molecule has 1 heterocycles. The highest BCUT2D eigenvalue weighted by Gasteiger charge is 2.38. The van der Waals surface area contributed by atoms with Crippen molar-refractivity contribution in [2.75, 3.05) is 26.3 Å². The third kappa shape index (κ3) is 5.65. The number of hydrogen-bond donors (Lipinski definition) is 2. The van der Waals surface area contributed by atoms with Gasteiger partial charge in [-0.25, -0.2) is 4.79 Å². The fourth-order valence-electron chi connectivity index (χ4n) is 4.96. The van der Waals surface area contributed by atoms with E-state index in [1.165, 1.54) is 0 Å². The highest BCUT2D eigenvalue weighted by atomic mass is 16.6. The molecule has 2 aromatic rings. The largest absolute Gasteiger partial charge is 0.481 e. The number of alkyl carbamates (subject to hydrolysis) is 1. The molecule has 0 aromatic heterocycles. The normalized spacial score (nSPS) is 18.5. The fourth-order valence-corrected chi connectivity index (χ4v) is 4.96. The third-order valence-corrected chi connectivity index (χ3v) is 6.74. The summed E-state index contributed by atoms with van der Waals surface area (Å²) in [6.07, 6.45) is 0.379. The molecule has 2 aliphatic rings. The number of nitrogens with one attached hydrogen (secondary N) is 1. The van der Waals surface area contributed by atoms with Crippen LogP contribution in [-0.4, -0.2) is 66.4 Å². The zero-order valence-corrected chi connectivity index (χ0v) is 19.9. The highest BCUT2D eigenvalue weighted by molar-refractivity contribution is 5.83. The molecule has 8 nitrogen and oxygen atoms in total. The molecular weight excluding hydrogens is 448 g/mol. The van der Waals surface area contributed by atoms with Gasteiger partial charge in [0.15, 0.2) is 6.10 Å². The number of aliphatic carboxylic acids is 1. The van der Waals surface area contributed by atoms with E-state index in [9.17, 15) is 14.4 Å². The predicted molar refractivity (Wildman–Crippen MR) is 130 cm³/mol. The summed E-state index contributed by atoms with van der Waals surface area (Å²) in [4.78, 5) is 38.1. The topological polar surface area (TPSA) is 105 Å². The Hall–Kier alpha value is -3.39. The highest BCUT2D eigenvalue weighted by Crippen LogP contribution is 2.44. The maximum absolute atomic E-state index is 13.0. The maximum Gasteiger partial charge on any atom is 0.407 e. The molecule has 2 aromatic carbocycles. The Balaban J connectivity index is 1.32. The molecule has 0 spiro atoms. The van der Waals surface area contributed by atoms with E-state index in [0.717, 1.165) is 22.3 Å². The first-order chi connectivity index (χ1) is 17.0. The van der Waals surface area contributed by atoms with Crippen LogP contribution in [0, 0.1) is 0 Å². The standard InChI is InChI=1S/C27H32N2O6/c1-2-29(15-8-7-13-24(30)31)26(32)25-23(14-16-34-25)28-27(33)35-17-22-20-11-5-3-9-18(20)19-10-4-6-12-21(19)22/h3-6,9-12,22-23,25H,2,7-8,13-17H2,1H3,(H,28,33)(H,30,31). The Labute approximate surface area is 205 Å². The van der Waals surface area contributed by atoms with E-state index in [1.807, 2.05) is 31.2 Å². The summed E-state index contributed by atoms with van der Waals surface area (Å²) in [5.74, 6) is -1.07. The molecule has 1 aliphatic carbocycles. The molecule has 0 saturated carbocycles. The number of nitrogens with zero attached hydrogens (tertiary/aromatic N) is 1. The van der Waals surface area contributed by atoms with Gasteiger partial charge < -0.3 is 24.8 Å². The van der Waals surface area contributed by atoms with Gasteiger partial charge >= 0.3 is 12.1 Å². The van der Waals surface area contributed by atoms with Crippen molar-refractivity contribution in [1.82, 2.24) is 10.2 Å². The number of carboxylic acids is 1. The van der Waals surface area contributed by atoms with E-state index in [0.29, 0.717) is 39.0 Å². The molecule has 2 unspecified atom stereocenters. The van der Waals surface area contributed by atoms with Crippen molar-refractivity contribution in [1.29, 1.82) is 0 Å². The molecule has 35 heavy (non-hydrogen) atoms. The quantitative estimate of drug-likeness (QED) is 0.502. The van der Waals surface area contributed by atoms with Gasteiger partial charge in [0.2, 0.25) is 0 Å². The van der Waals surface area contributed by atoms with Crippen LogP contribution in [0.2, 0.25) is 0 Å². The zero-order valence-electron chi connectivity index (χ0n) is 19.9. The Morgan fingerprint density at radius 2 is 1.71 bits per heavy atom. The van der Waals surface area contributed by atoms with Crippen LogP contribution in [0.1, 0.15) is 49.7 Å². The minimum Gasteiger partial charge on any atom is -0.481 e. The SMILES string of the molecule is CCN(CCCCC(=O)O)C(=O)C1OCCC1NC(=O)OCC1c2ccccc2-c2ccccc21. The first kappa shape index (κ1) is 24.7. The number of likely N-dealkylation sites (N-methyl/N-ethyl adjacent to an activating group) is 1. The number of rotatable bonds is 10. The maximum atomic E-state index is 13.0. The minimum absolute atomic E-state index is 0.0354. The predicted octanol–water partition coefficient (Wildman–Crippen LogP) is 3.79. The van der Waals surface area contributed by atoms with Crippen LogP contribution in [0.3, 0.4) is 0 Å². The number of fused-ring (bicyclic) bond motifs is 3. The van der Waals surface area contributed by atoms with E-state index in [2.05, 4.69) is 29.6 Å². The number of ether oxygens (including phenoxy) is 2. The summed E-state index contributed by atoms with van der Waals surface area (Å²) >= 11 is 0. The van der Waals surface area contributed by atoms with E-state index in [-0.39, 0.29) is 24.9 Å². The Morgan fingerprint density at radius 3 is 2.34 bits per heavy atom. The summed E-state index contributed by atoms with van der Waals surface area (Å²) < 4.78 is 11.3. The number of unbranched alkanes of at least 4 members (excludes halogenated alkanes) is 1. The van der Waals surface area contributed by atoms with Gasteiger partial charge in [0, 0.05) is 32.0 Å². The lowest BCUT2D eigenvalue weighted by atomic mass is 9.98. The van der Waals surface area contributed by atoms with Crippen molar-refractivity contribution in [3.8, 4) is 11.1 Å². The Morgan fingerprint density at radius 1 is 1.06 bits per heavy atom. The van der Waals surface area contributed by atoms with E-state index in [4.69, 9.17) is 14.6 Å². The van der Waals surface area contributed by atoms with Crippen molar-refractivity contribution in [2.45, 2.75) is 50.7 Å². The molecule has 0 bridgehead atoms. The van der Waals surface area contributed by atoms with Gasteiger partial charge in [-0.1, -0.05) is 48.5 Å². The molecule has 2 atom stereocenters. The molecule has 2 amide bonds. The van der Waals surface area contributed by atoms with Gasteiger partial charge in [-0.3, -0.25) is 9.59 Å². The second-order valence-corrected chi connectivity index (χ2v) is 8.93.